The van der Waals surface area contributed by atoms with Crippen LogP contribution in [0.2, 0.25) is 0 Å². The zero-order valence-corrected chi connectivity index (χ0v) is 17.2. The molecule has 0 N–H and O–H groups in total. The Hall–Kier alpha value is -2.95. The molecule has 30 heavy (non-hydrogen) atoms. The molecular formula is C25H28N2O3. The van der Waals surface area contributed by atoms with Gasteiger partial charge in [-0.05, 0) is 30.5 Å². The molecule has 4 rings (SSSR count). The molecule has 1 saturated carbocycles. The van der Waals surface area contributed by atoms with E-state index in [4.69, 9.17) is 0 Å². The molecule has 3 amide bonds. The predicted octanol–water partition coefficient (Wildman–Crippen LogP) is 4.11. The number of nitrogens with zero attached hydrogens (tertiary/aromatic N) is 2. The number of carbonyl (C=O) groups is 3. The summed E-state index contributed by atoms with van der Waals surface area (Å²) >= 11 is 0. The number of benzene rings is 2. The summed E-state index contributed by atoms with van der Waals surface area (Å²) in [4.78, 5) is 42.6. The van der Waals surface area contributed by atoms with Crippen molar-refractivity contribution in [2.75, 3.05) is 4.90 Å². The predicted molar refractivity (Wildman–Crippen MR) is 116 cm³/mol. The molecule has 0 aromatic heterocycles. The van der Waals surface area contributed by atoms with E-state index in [1.165, 1.54) is 4.90 Å². The minimum atomic E-state index is -0.711. The SMILES string of the molecule is O=C1CC(N(C(=O)Cc2ccccc2)C2CCCCCC2)C(=O)N1c1ccccc1. The van der Waals surface area contributed by atoms with Crippen LogP contribution >= 0.6 is 0 Å². The summed E-state index contributed by atoms with van der Waals surface area (Å²) in [5.41, 5.74) is 1.50. The van der Waals surface area contributed by atoms with E-state index in [1.807, 2.05) is 48.5 Å². The van der Waals surface area contributed by atoms with Gasteiger partial charge in [-0.15, -0.1) is 0 Å². The second kappa shape index (κ2) is 9.24. The smallest absolute Gasteiger partial charge is 0.257 e. The lowest BCUT2D eigenvalue weighted by Crippen LogP contribution is -2.51. The van der Waals surface area contributed by atoms with Gasteiger partial charge in [0.15, 0.2) is 0 Å². The molecule has 1 atom stereocenters. The fourth-order valence-electron chi connectivity index (χ4n) is 4.71. The summed E-state index contributed by atoms with van der Waals surface area (Å²) in [7, 11) is 0. The molecule has 2 aromatic carbocycles. The summed E-state index contributed by atoms with van der Waals surface area (Å²) in [5.74, 6) is -0.576. The van der Waals surface area contributed by atoms with Gasteiger partial charge in [0.05, 0.1) is 18.5 Å². The van der Waals surface area contributed by atoms with E-state index < -0.39 is 6.04 Å². The Labute approximate surface area is 177 Å². The Kier molecular flexibility index (Phi) is 6.26. The van der Waals surface area contributed by atoms with Crippen molar-refractivity contribution in [2.45, 2.75) is 63.5 Å². The molecule has 0 bridgehead atoms. The zero-order chi connectivity index (χ0) is 20.9. The third-order valence-electron chi connectivity index (χ3n) is 6.18. The number of hydrogen-bond donors (Lipinski definition) is 0. The van der Waals surface area contributed by atoms with Crippen LogP contribution in [0.15, 0.2) is 60.7 Å². The standard InChI is InChI=1S/C25H28N2O3/c28-23(17-19-11-5-3-6-12-19)26(20-13-7-1-2-8-14-20)22-18-24(29)27(25(22)30)21-15-9-4-10-16-21/h3-6,9-12,15-16,20,22H,1-2,7-8,13-14,17-18H2. The highest BCUT2D eigenvalue weighted by atomic mass is 16.2. The summed E-state index contributed by atoms with van der Waals surface area (Å²) in [6.07, 6.45) is 6.52. The summed E-state index contributed by atoms with van der Waals surface area (Å²) in [5, 5.41) is 0. The van der Waals surface area contributed by atoms with Crippen LogP contribution in [-0.4, -0.2) is 34.7 Å². The first kappa shape index (κ1) is 20.3. The van der Waals surface area contributed by atoms with Crippen molar-refractivity contribution >= 4 is 23.4 Å². The van der Waals surface area contributed by atoms with Gasteiger partial charge in [-0.1, -0.05) is 74.2 Å². The van der Waals surface area contributed by atoms with Gasteiger partial charge in [-0.25, -0.2) is 4.90 Å². The highest BCUT2D eigenvalue weighted by Gasteiger charge is 2.46. The van der Waals surface area contributed by atoms with Crippen molar-refractivity contribution < 1.29 is 14.4 Å². The number of anilines is 1. The highest BCUT2D eigenvalue weighted by Crippen LogP contribution is 2.31. The van der Waals surface area contributed by atoms with E-state index >= 15 is 0 Å². The van der Waals surface area contributed by atoms with Gasteiger partial charge in [0.1, 0.15) is 6.04 Å². The number of amides is 3. The average molecular weight is 405 g/mol. The fourth-order valence-corrected chi connectivity index (χ4v) is 4.71. The number of para-hydroxylation sites is 1. The van der Waals surface area contributed by atoms with Crippen LogP contribution in [0.25, 0.3) is 0 Å². The summed E-state index contributed by atoms with van der Waals surface area (Å²) in [6, 6.07) is 17.9. The van der Waals surface area contributed by atoms with Crippen LogP contribution in [-0.2, 0) is 20.8 Å². The van der Waals surface area contributed by atoms with E-state index in [-0.39, 0.29) is 36.6 Å². The van der Waals surface area contributed by atoms with Crippen molar-refractivity contribution in [3.05, 3.63) is 66.2 Å². The minimum Gasteiger partial charge on any atom is -0.327 e. The maximum Gasteiger partial charge on any atom is 0.257 e. The van der Waals surface area contributed by atoms with Crippen molar-refractivity contribution in [1.29, 1.82) is 0 Å². The van der Waals surface area contributed by atoms with Crippen LogP contribution < -0.4 is 4.90 Å². The Bertz CT molecular complexity index is 889. The van der Waals surface area contributed by atoms with E-state index in [9.17, 15) is 14.4 Å². The molecule has 1 saturated heterocycles. The van der Waals surface area contributed by atoms with Gasteiger partial charge >= 0.3 is 0 Å². The van der Waals surface area contributed by atoms with Crippen molar-refractivity contribution in [3.63, 3.8) is 0 Å². The summed E-state index contributed by atoms with van der Waals surface area (Å²) in [6.45, 7) is 0. The van der Waals surface area contributed by atoms with Crippen LogP contribution in [0.3, 0.4) is 0 Å². The molecule has 0 spiro atoms. The number of hydrogen-bond acceptors (Lipinski definition) is 3. The van der Waals surface area contributed by atoms with E-state index in [2.05, 4.69) is 0 Å². The highest BCUT2D eigenvalue weighted by molar-refractivity contribution is 6.23. The molecule has 1 aliphatic carbocycles. The lowest BCUT2D eigenvalue weighted by atomic mass is 10.0. The fraction of sp³-hybridized carbons (Fsp3) is 0.400. The summed E-state index contributed by atoms with van der Waals surface area (Å²) < 4.78 is 0. The maximum atomic E-state index is 13.5. The normalized spacial score (nSPS) is 20.3. The Balaban J connectivity index is 1.62. The van der Waals surface area contributed by atoms with Gasteiger partial charge in [-0.2, -0.15) is 0 Å². The molecule has 2 aliphatic rings. The Morgan fingerprint density at radius 1 is 0.867 bits per heavy atom. The monoisotopic (exact) mass is 404 g/mol. The molecule has 5 heteroatoms. The van der Waals surface area contributed by atoms with E-state index in [0.717, 1.165) is 44.1 Å². The molecule has 0 radical (unpaired) electrons. The van der Waals surface area contributed by atoms with Crippen LogP contribution in [0.1, 0.15) is 50.5 Å². The molecule has 1 aliphatic heterocycles. The molecule has 1 heterocycles. The van der Waals surface area contributed by atoms with Gasteiger partial charge in [0.2, 0.25) is 11.8 Å². The first-order valence-corrected chi connectivity index (χ1v) is 10.9. The lowest BCUT2D eigenvalue weighted by molar-refractivity contribution is -0.140. The Morgan fingerprint density at radius 3 is 2.10 bits per heavy atom. The largest absolute Gasteiger partial charge is 0.327 e. The zero-order valence-electron chi connectivity index (χ0n) is 17.2. The number of carbonyl (C=O) groups excluding carboxylic acids is 3. The first-order chi connectivity index (χ1) is 14.6. The third kappa shape index (κ3) is 4.30. The topological polar surface area (TPSA) is 57.7 Å². The van der Waals surface area contributed by atoms with Crippen molar-refractivity contribution in [3.8, 4) is 0 Å². The first-order valence-electron chi connectivity index (χ1n) is 10.9. The maximum absolute atomic E-state index is 13.5. The second-order valence-electron chi connectivity index (χ2n) is 8.23. The van der Waals surface area contributed by atoms with E-state index in [0.29, 0.717) is 5.69 Å². The molecular weight excluding hydrogens is 376 g/mol. The molecule has 5 nitrogen and oxygen atoms in total. The second-order valence-corrected chi connectivity index (χ2v) is 8.23. The molecule has 156 valence electrons. The molecule has 1 unspecified atom stereocenters. The van der Waals surface area contributed by atoms with Crippen molar-refractivity contribution in [2.24, 2.45) is 0 Å². The minimum absolute atomic E-state index is 0.0150. The van der Waals surface area contributed by atoms with Crippen LogP contribution in [0.5, 0.6) is 0 Å². The van der Waals surface area contributed by atoms with E-state index in [1.54, 1.807) is 17.0 Å². The van der Waals surface area contributed by atoms with Gasteiger partial charge in [-0.3, -0.25) is 14.4 Å². The van der Waals surface area contributed by atoms with Gasteiger partial charge in [0.25, 0.3) is 5.91 Å². The molecule has 2 aromatic rings. The quantitative estimate of drug-likeness (QED) is 0.557. The molecule has 2 fully saturated rings. The van der Waals surface area contributed by atoms with Crippen LogP contribution in [0, 0.1) is 0 Å². The third-order valence-corrected chi connectivity index (χ3v) is 6.18. The number of rotatable bonds is 5. The van der Waals surface area contributed by atoms with Gasteiger partial charge < -0.3 is 4.90 Å². The van der Waals surface area contributed by atoms with Crippen molar-refractivity contribution in [1.82, 2.24) is 4.90 Å². The lowest BCUT2D eigenvalue weighted by Gasteiger charge is -2.35. The van der Waals surface area contributed by atoms with Gasteiger partial charge in [0, 0.05) is 6.04 Å². The average Bonchev–Trinajstić information content (AvgIpc) is 2.92. The Morgan fingerprint density at radius 2 is 1.47 bits per heavy atom. The number of imide groups is 1. The van der Waals surface area contributed by atoms with Crippen LogP contribution in [0.4, 0.5) is 5.69 Å².